The number of benzene rings is 2. The Morgan fingerprint density at radius 3 is 2.45 bits per heavy atom. The summed E-state index contributed by atoms with van der Waals surface area (Å²) in [6.45, 7) is 2.25. The Labute approximate surface area is 172 Å². The van der Waals surface area contributed by atoms with Crippen LogP contribution in [0.1, 0.15) is 24.0 Å². The molecule has 1 saturated heterocycles. The molecule has 2 aromatic rings. The molecule has 0 aliphatic carbocycles. The number of nitro groups is 1. The number of non-ortho nitro benzene ring substituents is 1. The average molecular weight is 409 g/mol. The number of ether oxygens (including phenoxy) is 1. The minimum absolute atomic E-state index is 0.0577. The molecule has 0 spiro atoms. The van der Waals surface area contributed by atoms with E-state index in [1.165, 1.54) is 23.9 Å². The van der Waals surface area contributed by atoms with Crippen molar-refractivity contribution in [3.63, 3.8) is 0 Å². The Balaban J connectivity index is 1.35. The fourth-order valence-corrected chi connectivity index (χ4v) is 4.10. The van der Waals surface area contributed by atoms with Crippen molar-refractivity contribution in [1.29, 1.82) is 0 Å². The number of amides is 1. The van der Waals surface area contributed by atoms with Crippen molar-refractivity contribution in [2.75, 3.05) is 13.1 Å². The van der Waals surface area contributed by atoms with Gasteiger partial charge in [0.15, 0.2) is 5.17 Å². The maximum absolute atomic E-state index is 12.2. The molecule has 29 heavy (non-hydrogen) atoms. The minimum atomic E-state index is -0.426. The smallest absolute Gasteiger partial charge is 0.286 e. The van der Waals surface area contributed by atoms with Crippen LogP contribution in [0.15, 0.2) is 58.4 Å². The van der Waals surface area contributed by atoms with Crippen LogP contribution in [0, 0.1) is 10.1 Å². The van der Waals surface area contributed by atoms with Crippen molar-refractivity contribution in [2.24, 2.45) is 4.99 Å². The third-order valence-corrected chi connectivity index (χ3v) is 5.76. The van der Waals surface area contributed by atoms with E-state index in [0.717, 1.165) is 42.2 Å². The molecule has 0 saturated carbocycles. The van der Waals surface area contributed by atoms with E-state index < -0.39 is 4.92 Å². The lowest BCUT2D eigenvalue weighted by Gasteiger charge is -2.14. The van der Waals surface area contributed by atoms with Crippen molar-refractivity contribution < 1.29 is 14.5 Å². The van der Waals surface area contributed by atoms with Gasteiger partial charge in [-0.1, -0.05) is 12.1 Å². The summed E-state index contributed by atoms with van der Waals surface area (Å²) in [5.41, 5.74) is 1.81. The van der Waals surface area contributed by atoms with E-state index in [1.54, 1.807) is 12.1 Å². The van der Waals surface area contributed by atoms with Gasteiger partial charge < -0.3 is 9.64 Å². The maximum atomic E-state index is 12.2. The molecule has 8 heteroatoms. The maximum Gasteiger partial charge on any atom is 0.286 e. The summed E-state index contributed by atoms with van der Waals surface area (Å²) in [5.74, 6) is 0.500. The molecule has 2 aliphatic heterocycles. The number of carbonyl (C=O) groups excluding carboxylic acids is 1. The van der Waals surface area contributed by atoms with E-state index >= 15 is 0 Å². The van der Waals surface area contributed by atoms with Crippen LogP contribution in [0.2, 0.25) is 0 Å². The number of rotatable bonds is 5. The Bertz CT molecular complexity index is 978. The Morgan fingerprint density at radius 1 is 1.10 bits per heavy atom. The number of thioether (sulfide) groups is 1. The predicted molar refractivity (Wildman–Crippen MR) is 113 cm³/mol. The summed E-state index contributed by atoms with van der Waals surface area (Å²) < 4.78 is 5.73. The molecular formula is C21H19N3O4S. The molecular weight excluding hydrogens is 390 g/mol. The van der Waals surface area contributed by atoms with Crippen molar-refractivity contribution >= 4 is 34.6 Å². The molecule has 2 aliphatic rings. The van der Waals surface area contributed by atoms with Gasteiger partial charge in [0.2, 0.25) is 0 Å². The first-order chi connectivity index (χ1) is 14.1. The molecule has 148 valence electrons. The number of nitrogens with zero attached hydrogens (tertiary/aromatic N) is 3. The molecule has 7 nitrogen and oxygen atoms in total. The number of aliphatic imine (C=N–C) groups is 1. The van der Waals surface area contributed by atoms with Crippen LogP contribution >= 0.6 is 11.8 Å². The lowest BCUT2D eigenvalue weighted by atomic mass is 10.2. The predicted octanol–water partition coefficient (Wildman–Crippen LogP) is 4.24. The highest BCUT2D eigenvalue weighted by molar-refractivity contribution is 8.18. The summed E-state index contributed by atoms with van der Waals surface area (Å²) in [6.07, 6.45) is 4.14. The van der Waals surface area contributed by atoms with Crippen LogP contribution in [0.25, 0.3) is 6.08 Å². The summed E-state index contributed by atoms with van der Waals surface area (Å²) in [5, 5.41) is 11.5. The second-order valence-corrected chi connectivity index (χ2v) is 7.79. The second-order valence-electron chi connectivity index (χ2n) is 6.79. The van der Waals surface area contributed by atoms with Crippen LogP contribution in [-0.4, -0.2) is 34.0 Å². The highest BCUT2D eigenvalue weighted by Gasteiger charge is 2.27. The standard InChI is InChI=1S/C21H19N3O4S/c25-20-19(29-21(22-20)23-11-1-2-12-23)13-15-5-9-18(10-6-15)28-14-16-3-7-17(8-4-16)24(26)27/h3-10,13H,1-2,11-12,14H2/b19-13-. The highest BCUT2D eigenvalue weighted by atomic mass is 32.2. The van der Waals surface area contributed by atoms with Gasteiger partial charge in [0, 0.05) is 25.2 Å². The molecule has 0 aromatic heterocycles. The second kappa shape index (κ2) is 8.48. The number of likely N-dealkylation sites (tertiary alicyclic amines) is 1. The third kappa shape index (κ3) is 4.65. The van der Waals surface area contributed by atoms with Crippen LogP contribution < -0.4 is 4.74 Å². The van der Waals surface area contributed by atoms with E-state index in [1.807, 2.05) is 30.3 Å². The number of hydrogen-bond acceptors (Lipinski definition) is 6. The summed E-state index contributed by atoms with van der Waals surface area (Å²) in [4.78, 5) is 29.4. The zero-order chi connectivity index (χ0) is 20.2. The van der Waals surface area contributed by atoms with Gasteiger partial charge in [-0.05, 0) is 66.1 Å². The molecule has 1 amide bonds. The summed E-state index contributed by atoms with van der Waals surface area (Å²) in [6, 6.07) is 13.7. The Hall–Kier alpha value is -3.13. The number of amidine groups is 1. The lowest BCUT2D eigenvalue weighted by molar-refractivity contribution is -0.384. The fourth-order valence-electron chi connectivity index (χ4n) is 3.13. The van der Waals surface area contributed by atoms with Gasteiger partial charge >= 0.3 is 0 Å². The van der Waals surface area contributed by atoms with Crippen molar-refractivity contribution in [1.82, 2.24) is 4.90 Å². The zero-order valence-electron chi connectivity index (χ0n) is 15.6. The summed E-state index contributed by atoms with van der Waals surface area (Å²) in [7, 11) is 0. The SMILES string of the molecule is O=C1N=C(N2CCCC2)S/C1=C\c1ccc(OCc2ccc([N+](=O)[O-])cc2)cc1. The molecule has 0 radical (unpaired) electrons. The minimum Gasteiger partial charge on any atom is -0.489 e. The van der Waals surface area contributed by atoms with E-state index in [-0.39, 0.29) is 11.6 Å². The zero-order valence-corrected chi connectivity index (χ0v) is 16.4. The van der Waals surface area contributed by atoms with Gasteiger partial charge in [0.05, 0.1) is 9.83 Å². The van der Waals surface area contributed by atoms with Crippen LogP contribution in [0.5, 0.6) is 5.75 Å². The highest BCUT2D eigenvalue weighted by Crippen LogP contribution is 2.31. The van der Waals surface area contributed by atoms with Crippen LogP contribution in [0.4, 0.5) is 5.69 Å². The van der Waals surface area contributed by atoms with Gasteiger partial charge in [0.25, 0.3) is 11.6 Å². The number of nitro benzene ring substituents is 1. The van der Waals surface area contributed by atoms with E-state index in [9.17, 15) is 14.9 Å². The molecule has 0 bridgehead atoms. The van der Waals surface area contributed by atoms with E-state index in [2.05, 4.69) is 9.89 Å². The molecule has 0 atom stereocenters. The third-order valence-electron chi connectivity index (χ3n) is 4.72. The molecule has 4 rings (SSSR count). The van der Waals surface area contributed by atoms with Crippen LogP contribution in [-0.2, 0) is 11.4 Å². The molecule has 2 aromatic carbocycles. The molecule has 0 unspecified atom stereocenters. The topological polar surface area (TPSA) is 85.0 Å². The van der Waals surface area contributed by atoms with Crippen molar-refractivity contribution in [3.05, 3.63) is 74.7 Å². The number of carbonyl (C=O) groups is 1. The first kappa shape index (κ1) is 19.2. The Kier molecular flexibility index (Phi) is 5.62. The number of hydrogen-bond donors (Lipinski definition) is 0. The van der Waals surface area contributed by atoms with E-state index in [4.69, 9.17) is 4.74 Å². The van der Waals surface area contributed by atoms with Gasteiger partial charge in [-0.25, -0.2) is 0 Å². The Morgan fingerprint density at radius 2 is 1.79 bits per heavy atom. The largest absolute Gasteiger partial charge is 0.489 e. The summed E-state index contributed by atoms with van der Waals surface area (Å²) >= 11 is 1.43. The normalized spacial score (nSPS) is 17.7. The first-order valence-corrected chi connectivity index (χ1v) is 10.1. The molecule has 0 N–H and O–H groups in total. The van der Waals surface area contributed by atoms with Gasteiger partial charge in [0.1, 0.15) is 12.4 Å². The first-order valence-electron chi connectivity index (χ1n) is 9.32. The van der Waals surface area contributed by atoms with Gasteiger partial charge in [-0.3, -0.25) is 14.9 Å². The van der Waals surface area contributed by atoms with Gasteiger partial charge in [-0.15, -0.1) is 0 Å². The van der Waals surface area contributed by atoms with Crippen molar-refractivity contribution in [3.8, 4) is 5.75 Å². The molecule has 1 fully saturated rings. The molecule has 2 heterocycles. The fraction of sp³-hybridized carbons (Fsp3) is 0.238. The monoisotopic (exact) mass is 409 g/mol. The van der Waals surface area contributed by atoms with Crippen LogP contribution in [0.3, 0.4) is 0 Å². The lowest BCUT2D eigenvalue weighted by Crippen LogP contribution is -2.23. The van der Waals surface area contributed by atoms with Crippen molar-refractivity contribution in [2.45, 2.75) is 19.4 Å². The van der Waals surface area contributed by atoms with E-state index in [0.29, 0.717) is 17.3 Å². The quantitative estimate of drug-likeness (QED) is 0.417. The van der Waals surface area contributed by atoms with Gasteiger partial charge in [-0.2, -0.15) is 4.99 Å². The average Bonchev–Trinajstić information content (AvgIpc) is 3.38.